The van der Waals surface area contributed by atoms with E-state index in [4.69, 9.17) is 18.3 Å². The van der Waals surface area contributed by atoms with Crippen LogP contribution in [0, 0.1) is 29.1 Å². The van der Waals surface area contributed by atoms with Crippen molar-refractivity contribution in [3.8, 4) is 0 Å². The van der Waals surface area contributed by atoms with Crippen LogP contribution in [0.2, 0.25) is 10.1 Å². The highest BCUT2D eigenvalue weighted by molar-refractivity contribution is 7.00. The van der Waals surface area contributed by atoms with E-state index < -0.39 is 28.3 Å². The summed E-state index contributed by atoms with van der Waals surface area (Å²) in [4.78, 5) is 13.3. The van der Waals surface area contributed by atoms with Gasteiger partial charge in [0.2, 0.25) is 0 Å². The molecule has 2 saturated heterocycles. The maximum Gasteiger partial charge on any atom is 0.303 e. The summed E-state index contributed by atoms with van der Waals surface area (Å²) in [5.41, 5.74) is 1.18. The summed E-state index contributed by atoms with van der Waals surface area (Å²) in [5, 5.41) is 4.91. The molecule has 65 heavy (non-hydrogen) atoms. The molecular weight excluding hydrogens is 833 g/mol. The average Bonchev–Trinajstić information content (AvgIpc) is 3.84. The highest BCUT2D eigenvalue weighted by Crippen LogP contribution is 2.63. The van der Waals surface area contributed by atoms with Crippen molar-refractivity contribution in [3.63, 3.8) is 0 Å². The zero-order chi connectivity index (χ0) is 46.4. The largest absolute Gasteiger partial charge is 0.455 e. The Balaban J connectivity index is 1.06. The van der Waals surface area contributed by atoms with E-state index >= 15 is 0 Å². The molecule has 5 nitrogen and oxygen atoms in total. The Hall–Kier alpha value is -4.12. The van der Waals surface area contributed by atoms with E-state index in [1.807, 2.05) is 6.08 Å². The molecule has 4 aliphatic rings. The van der Waals surface area contributed by atoms with Gasteiger partial charge in [-0.05, 0) is 91.8 Å². The third-order valence-electron chi connectivity index (χ3n) is 15.9. The molecule has 4 aromatic rings. The van der Waals surface area contributed by atoms with Crippen molar-refractivity contribution in [2.24, 2.45) is 29.1 Å². The van der Waals surface area contributed by atoms with Gasteiger partial charge in [-0.2, -0.15) is 0 Å². The molecule has 1 saturated carbocycles. The molecule has 4 aromatic carbocycles. The Labute approximate surface area is 393 Å². The summed E-state index contributed by atoms with van der Waals surface area (Å²) in [6.07, 6.45) is 8.82. The Bertz CT molecular complexity index is 2250. The van der Waals surface area contributed by atoms with Crippen LogP contribution in [0.15, 0.2) is 158 Å². The van der Waals surface area contributed by atoms with Crippen LogP contribution in [-0.2, 0) is 23.1 Å². The highest BCUT2D eigenvalue weighted by Gasteiger charge is 2.72. The number of carbonyl (C=O) groups is 1. The Morgan fingerprint density at radius 2 is 1.26 bits per heavy atom. The van der Waals surface area contributed by atoms with Crippen LogP contribution in [0.5, 0.6) is 0 Å². The van der Waals surface area contributed by atoms with Gasteiger partial charge in [-0.1, -0.05) is 195 Å². The predicted octanol–water partition coefficient (Wildman–Crippen LogP) is 11.1. The average molecular weight is 907 g/mol. The van der Waals surface area contributed by atoms with Crippen molar-refractivity contribution >= 4 is 43.4 Å². The summed E-state index contributed by atoms with van der Waals surface area (Å²) in [6.45, 7) is 29.8. The van der Waals surface area contributed by atoms with E-state index in [2.05, 4.69) is 196 Å². The molecule has 0 radical (unpaired) electrons. The molecule has 1 unspecified atom stereocenters. The van der Waals surface area contributed by atoms with Crippen LogP contribution in [-0.4, -0.2) is 53.1 Å². The summed E-state index contributed by atoms with van der Waals surface area (Å²) in [6, 6.07) is 43.7. The Morgan fingerprint density at radius 3 is 1.71 bits per heavy atom. The van der Waals surface area contributed by atoms with Gasteiger partial charge in [0.25, 0.3) is 16.6 Å². The minimum Gasteiger partial charge on any atom is -0.455 e. The number of ether oxygens (including phenoxy) is 2. The van der Waals surface area contributed by atoms with Gasteiger partial charge in [0.15, 0.2) is 6.10 Å². The van der Waals surface area contributed by atoms with E-state index in [0.29, 0.717) is 24.2 Å². The first-order valence-electron chi connectivity index (χ1n) is 24.3. The van der Waals surface area contributed by atoms with Crippen LogP contribution in [0.4, 0.5) is 0 Å². The summed E-state index contributed by atoms with van der Waals surface area (Å²) >= 11 is 0. The number of carbonyl (C=O) groups excluding carboxylic acids is 1. The van der Waals surface area contributed by atoms with Gasteiger partial charge in [0.1, 0.15) is 5.60 Å². The van der Waals surface area contributed by atoms with Crippen molar-refractivity contribution in [1.82, 2.24) is 0 Å². The van der Waals surface area contributed by atoms with Crippen molar-refractivity contribution < 1.29 is 23.1 Å². The van der Waals surface area contributed by atoms with E-state index in [0.717, 1.165) is 37.9 Å². The monoisotopic (exact) mass is 907 g/mol. The molecule has 2 aliphatic heterocycles. The lowest BCUT2D eigenvalue weighted by Gasteiger charge is -2.50. The predicted molar refractivity (Wildman–Crippen MR) is 272 cm³/mol. The molecule has 3 fully saturated rings. The Morgan fingerprint density at radius 1 is 0.769 bits per heavy atom. The normalized spacial score (nSPS) is 27.0. The molecule has 2 aliphatic carbocycles. The smallest absolute Gasteiger partial charge is 0.303 e. The van der Waals surface area contributed by atoms with Crippen molar-refractivity contribution in [3.05, 3.63) is 158 Å². The molecule has 8 rings (SSSR count). The molecule has 344 valence electrons. The SMILES string of the molecule is C=CC1=C([C@H](OC(C)=O)[C@]23C[C@H](O[Si](c4ccccc4)(c4ccccc4)C(C)(C)C)[C@H](O2)C(C)(C)[C@@H]3C=C)CCC(C[C@H]2C[C@@H]2CO[Si](c2ccccc2)(c2ccccc2)C(C)(C)C)C1. The maximum atomic E-state index is 13.3. The van der Waals surface area contributed by atoms with Crippen LogP contribution < -0.4 is 20.7 Å². The number of allylic oxidation sites excluding steroid dienone is 2. The molecule has 0 amide bonds. The Kier molecular flexibility index (Phi) is 13.2. The fourth-order valence-electron chi connectivity index (χ4n) is 12.9. The van der Waals surface area contributed by atoms with E-state index in [-0.39, 0.29) is 39.6 Å². The van der Waals surface area contributed by atoms with Gasteiger partial charge in [0.05, 0.1) is 12.2 Å². The first kappa shape index (κ1) is 47.4. The van der Waals surface area contributed by atoms with E-state index in [1.54, 1.807) is 0 Å². The number of benzene rings is 4. The van der Waals surface area contributed by atoms with Gasteiger partial charge >= 0.3 is 5.97 Å². The van der Waals surface area contributed by atoms with Crippen molar-refractivity contribution in [2.45, 2.75) is 135 Å². The fourth-order valence-corrected chi connectivity index (χ4v) is 22.2. The fraction of sp³-hybridized carbons (Fsp3) is 0.466. The number of hydrogen-bond acceptors (Lipinski definition) is 5. The lowest BCUT2D eigenvalue weighted by Crippen LogP contribution is -2.69. The summed E-state index contributed by atoms with van der Waals surface area (Å²) in [7, 11) is -5.54. The van der Waals surface area contributed by atoms with Gasteiger partial charge < -0.3 is 18.3 Å². The summed E-state index contributed by atoms with van der Waals surface area (Å²) < 4.78 is 29.4. The number of hydrogen-bond donors (Lipinski definition) is 0. The molecule has 0 N–H and O–H groups in total. The first-order chi connectivity index (χ1) is 30.9. The highest BCUT2D eigenvalue weighted by atomic mass is 28.4. The number of fused-ring (bicyclic) bond motifs is 2. The van der Waals surface area contributed by atoms with Gasteiger partial charge in [-0.15, -0.1) is 6.58 Å². The van der Waals surface area contributed by atoms with E-state index in [1.165, 1.54) is 39.7 Å². The number of esters is 1. The maximum absolute atomic E-state index is 13.3. The van der Waals surface area contributed by atoms with Crippen LogP contribution in [0.1, 0.15) is 101 Å². The molecule has 2 heterocycles. The molecule has 7 heteroatoms. The van der Waals surface area contributed by atoms with Crippen LogP contribution >= 0.6 is 0 Å². The van der Waals surface area contributed by atoms with Crippen molar-refractivity contribution in [1.29, 1.82) is 0 Å². The second-order valence-electron chi connectivity index (χ2n) is 22.4. The third-order valence-corrected chi connectivity index (χ3v) is 26.0. The minimum absolute atomic E-state index is 0.0444. The third kappa shape index (κ3) is 8.47. The molecule has 8 atom stereocenters. The van der Waals surface area contributed by atoms with Gasteiger partial charge in [-0.25, -0.2) is 0 Å². The minimum atomic E-state index is -2.94. The number of rotatable bonds is 16. The topological polar surface area (TPSA) is 54.0 Å². The van der Waals surface area contributed by atoms with Crippen molar-refractivity contribution in [2.75, 3.05) is 6.61 Å². The van der Waals surface area contributed by atoms with Gasteiger partial charge in [0, 0.05) is 31.3 Å². The second kappa shape index (κ2) is 18.2. The summed E-state index contributed by atoms with van der Waals surface area (Å²) in [5.74, 6) is 1.33. The van der Waals surface area contributed by atoms with Crippen LogP contribution in [0.25, 0.3) is 0 Å². The lowest BCUT2D eigenvalue weighted by molar-refractivity contribution is -0.161. The standard InChI is InChI=1S/C58H74O5Si2/c1-12-43-36-42(37-44-38-45(44)40-60-64(55(4,5)6,46-26-18-14-19-27-46)47-28-20-15-21-29-47)34-35-50(43)53(61-41(3)59)58-39-51(54(62-58)57(10,11)52(58)13-2)63-65(56(7,8)9,48-30-22-16-23-31-48)49-32-24-17-25-33-49/h12-33,42,44-45,51-54H,1-2,34-40H2,3-11H3/t42?,44-,45+,51-,52-,53-,54-,58+/m0/s1. The lowest BCUT2D eigenvalue weighted by atomic mass is 9.59. The van der Waals surface area contributed by atoms with E-state index in [9.17, 15) is 4.79 Å². The second-order valence-corrected chi connectivity index (χ2v) is 30.9. The molecule has 2 bridgehead atoms. The quantitative estimate of drug-likeness (QED) is 0.0637. The molecule has 0 aromatic heterocycles. The van der Waals surface area contributed by atoms with Crippen LogP contribution in [0.3, 0.4) is 0 Å². The zero-order valence-corrected chi connectivity index (χ0v) is 42.6. The first-order valence-corrected chi connectivity index (χ1v) is 28.1. The van der Waals surface area contributed by atoms with Gasteiger partial charge in [-0.3, -0.25) is 4.79 Å². The zero-order valence-electron chi connectivity index (χ0n) is 40.6. The molecule has 0 spiro atoms. The molecular formula is C58H74O5Si2.